The second kappa shape index (κ2) is 10.2. The standard InChI is InChI=1S/C24H30INO2/c1-6-22(27)28-24(4,5)23(18(2)3)26(16-19-10-8-7-9-11-19)17-20-12-14-21(25)15-13-20/h6-15,18,23H,1,16-17H2,2-5H3/t23-/m0/s1. The maximum absolute atomic E-state index is 12.0. The lowest BCUT2D eigenvalue weighted by Gasteiger charge is -2.44. The second-order valence-corrected chi connectivity index (χ2v) is 9.18. The molecule has 0 aliphatic rings. The third-order valence-corrected chi connectivity index (χ3v) is 5.51. The number of hydrogen-bond donors (Lipinski definition) is 0. The third kappa shape index (κ3) is 6.45. The fourth-order valence-electron chi connectivity index (χ4n) is 3.92. The summed E-state index contributed by atoms with van der Waals surface area (Å²) in [6.45, 7) is 13.5. The van der Waals surface area contributed by atoms with Crippen molar-refractivity contribution in [2.24, 2.45) is 5.92 Å². The number of halogens is 1. The predicted molar refractivity (Wildman–Crippen MR) is 124 cm³/mol. The summed E-state index contributed by atoms with van der Waals surface area (Å²) >= 11 is 2.32. The summed E-state index contributed by atoms with van der Waals surface area (Å²) in [6.07, 6.45) is 1.24. The van der Waals surface area contributed by atoms with Crippen LogP contribution in [0.25, 0.3) is 0 Å². The van der Waals surface area contributed by atoms with E-state index in [0.717, 1.165) is 13.1 Å². The molecular formula is C24H30INO2. The van der Waals surface area contributed by atoms with Crippen LogP contribution >= 0.6 is 22.6 Å². The first-order valence-corrected chi connectivity index (χ1v) is 10.7. The molecule has 0 amide bonds. The van der Waals surface area contributed by atoms with Gasteiger partial charge in [0.1, 0.15) is 5.60 Å². The first-order valence-electron chi connectivity index (χ1n) is 9.60. The van der Waals surface area contributed by atoms with Gasteiger partial charge in [-0.3, -0.25) is 4.90 Å². The molecule has 3 nitrogen and oxygen atoms in total. The van der Waals surface area contributed by atoms with Gasteiger partial charge in [0.15, 0.2) is 0 Å². The summed E-state index contributed by atoms with van der Waals surface area (Å²) in [5.41, 5.74) is 1.83. The largest absolute Gasteiger partial charge is 0.455 e. The third-order valence-electron chi connectivity index (χ3n) is 4.79. The molecule has 0 aliphatic heterocycles. The van der Waals surface area contributed by atoms with Crippen LogP contribution in [0.5, 0.6) is 0 Å². The first kappa shape index (κ1) is 22.6. The van der Waals surface area contributed by atoms with Gasteiger partial charge in [-0.15, -0.1) is 0 Å². The Kier molecular flexibility index (Phi) is 8.25. The van der Waals surface area contributed by atoms with Crippen molar-refractivity contribution >= 4 is 28.6 Å². The van der Waals surface area contributed by atoms with E-state index in [1.165, 1.54) is 20.8 Å². The molecular weight excluding hydrogens is 461 g/mol. The molecule has 0 unspecified atom stereocenters. The van der Waals surface area contributed by atoms with Gasteiger partial charge in [-0.05, 0) is 65.6 Å². The van der Waals surface area contributed by atoms with Crippen molar-refractivity contribution in [1.29, 1.82) is 0 Å². The van der Waals surface area contributed by atoms with Crippen LogP contribution in [0.15, 0.2) is 67.3 Å². The highest BCUT2D eigenvalue weighted by molar-refractivity contribution is 14.1. The summed E-state index contributed by atoms with van der Waals surface area (Å²) in [5, 5.41) is 0. The molecule has 1 atom stereocenters. The van der Waals surface area contributed by atoms with E-state index >= 15 is 0 Å². The van der Waals surface area contributed by atoms with Crippen molar-refractivity contribution in [1.82, 2.24) is 4.90 Å². The Morgan fingerprint density at radius 1 is 1.07 bits per heavy atom. The van der Waals surface area contributed by atoms with E-state index < -0.39 is 5.60 Å². The van der Waals surface area contributed by atoms with Crippen LogP contribution in [0.4, 0.5) is 0 Å². The molecule has 0 radical (unpaired) electrons. The van der Waals surface area contributed by atoms with Gasteiger partial charge in [0, 0.05) is 22.7 Å². The number of carbonyl (C=O) groups excluding carboxylic acids is 1. The van der Waals surface area contributed by atoms with Crippen molar-refractivity contribution in [3.05, 3.63) is 81.9 Å². The number of hydrogen-bond acceptors (Lipinski definition) is 3. The SMILES string of the molecule is C=CC(=O)OC(C)(C)[C@H](C(C)C)N(Cc1ccccc1)Cc1ccc(I)cc1. The molecule has 0 N–H and O–H groups in total. The first-order chi connectivity index (χ1) is 13.2. The summed E-state index contributed by atoms with van der Waals surface area (Å²) in [4.78, 5) is 14.4. The van der Waals surface area contributed by atoms with E-state index in [4.69, 9.17) is 4.74 Å². The summed E-state index contributed by atoms with van der Waals surface area (Å²) in [6, 6.07) is 19.1. The van der Waals surface area contributed by atoms with Crippen molar-refractivity contribution in [2.45, 2.75) is 52.4 Å². The van der Waals surface area contributed by atoms with Crippen molar-refractivity contribution in [3.63, 3.8) is 0 Å². The highest BCUT2D eigenvalue weighted by Crippen LogP contribution is 2.30. The Labute approximate surface area is 182 Å². The molecule has 0 fully saturated rings. The average molecular weight is 491 g/mol. The molecule has 0 heterocycles. The summed E-state index contributed by atoms with van der Waals surface area (Å²) in [7, 11) is 0. The molecule has 28 heavy (non-hydrogen) atoms. The Morgan fingerprint density at radius 2 is 1.61 bits per heavy atom. The fourth-order valence-corrected chi connectivity index (χ4v) is 4.28. The maximum atomic E-state index is 12.0. The predicted octanol–water partition coefficient (Wildman–Crippen LogP) is 5.83. The molecule has 0 aliphatic carbocycles. The molecule has 150 valence electrons. The minimum Gasteiger partial charge on any atom is -0.455 e. The van der Waals surface area contributed by atoms with Gasteiger partial charge in [0.25, 0.3) is 0 Å². The zero-order valence-corrected chi connectivity index (χ0v) is 19.3. The zero-order chi connectivity index (χ0) is 20.7. The fraction of sp³-hybridized carbons (Fsp3) is 0.375. The number of esters is 1. The average Bonchev–Trinajstić information content (AvgIpc) is 2.63. The minimum absolute atomic E-state index is 0.0379. The van der Waals surface area contributed by atoms with Crippen LogP contribution in [-0.4, -0.2) is 22.5 Å². The highest BCUT2D eigenvalue weighted by Gasteiger charge is 2.39. The molecule has 2 aromatic rings. The van der Waals surface area contributed by atoms with Crippen LogP contribution in [-0.2, 0) is 22.6 Å². The number of rotatable bonds is 9. The monoisotopic (exact) mass is 491 g/mol. The van der Waals surface area contributed by atoms with Gasteiger partial charge in [-0.25, -0.2) is 4.79 Å². The zero-order valence-electron chi connectivity index (χ0n) is 17.2. The van der Waals surface area contributed by atoms with Crippen LogP contribution in [0.1, 0.15) is 38.8 Å². The topological polar surface area (TPSA) is 29.5 Å². The van der Waals surface area contributed by atoms with E-state index in [-0.39, 0.29) is 12.0 Å². The normalized spacial score (nSPS) is 12.8. The lowest BCUT2D eigenvalue weighted by molar-refractivity contribution is -0.160. The van der Waals surface area contributed by atoms with Gasteiger partial charge in [0.2, 0.25) is 0 Å². The summed E-state index contributed by atoms with van der Waals surface area (Å²) in [5.74, 6) is -0.0928. The molecule has 0 saturated carbocycles. The van der Waals surface area contributed by atoms with Crippen LogP contribution in [0.2, 0.25) is 0 Å². The minimum atomic E-state index is -0.655. The van der Waals surface area contributed by atoms with Crippen LogP contribution < -0.4 is 0 Å². The Hall–Kier alpha value is -1.66. The van der Waals surface area contributed by atoms with E-state index in [9.17, 15) is 4.79 Å². The second-order valence-electron chi connectivity index (χ2n) is 7.93. The van der Waals surface area contributed by atoms with Crippen LogP contribution in [0, 0.1) is 9.49 Å². The molecule has 0 bridgehead atoms. The molecule has 0 aromatic heterocycles. The number of ether oxygens (including phenoxy) is 1. The lowest BCUT2D eigenvalue weighted by Crippen LogP contribution is -2.53. The number of carbonyl (C=O) groups is 1. The van der Waals surface area contributed by atoms with Gasteiger partial charge in [0.05, 0.1) is 6.04 Å². The highest BCUT2D eigenvalue weighted by atomic mass is 127. The lowest BCUT2D eigenvalue weighted by atomic mass is 9.86. The van der Waals surface area contributed by atoms with Gasteiger partial charge < -0.3 is 4.74 Å². The summed E-state index contributed by atoms with van der Waals surface area (Å²) < 4.78 is 7.01. The Morgan fingerprint density at radius 3 is 2.11 bits per heavy atom. The Balaban J connectivity index is 2.38. The quantitative estimate of drug-likeness (QED) is 0.251. The molecule has 4 heteroatoms. The van der Waals surface area contributed by atoms with Gasteiger partial charge in [-0.1, -0.05) is 62.9 Å². The number of nitrogens with zero attached hydrogens (tertiary/aromatic N) is 1. The smallest absolute Gasteiger partial charge is 0.330 e. The Bertz CT molecular complexity index is 769. The maximum Gasteiger partial charge on any atom is 0.330 e. The molecule has 2 aromatic carbocycles. The van der Waals surface area contributed by atoms with E-state index in [2.05, 4.69) is 96.4 Å². The molecule has 0 spiro atoms. The van der Waals surface area contributed by atoms with Crippen molar-refractivity contribution in [3.8, 4) is 0 Å². The van der Waals surface area contributed by atoms with Gasteiger partial charge in [-0.2, -0.15) is 0 Å². The van der Waals surface area contributed by atoms with E-state index in [1.807, 2.05) is 19.9 Å². The number of benzene rings is 2. The van der Waals surface area contributed by atoms with Gasteiger partial charge >= 0.3 is 5.97 Å². The van der Waals surface area contributed by atoms with E-state index in [1.54, 1.807) is 0 Å². The molecule has 0 saturated heterocycles. The van der Waals surface area contributed by atoms with E-state index in [0.29, 0.717) is 5.92 Å². The van der Waals surface area contributed by atoms with Crippen molar-refractivity contribution in [2.75, 3.05) is 0 Å². The van der Waals surface area contributed by atoms with Crippen LogP contribution in [0.3, 0.4) is 0 Å². The molecule has 2 rings (SSSR count). The van der Waals surface area contributed by atoms with Crippen molar-refractivity contribution < 1.29 is 9.53 Å².